The molecular formula is C17H20N2O2. The molecule has 0 heterocycles. The normalized spacial score (nSPS) is 10.2. The van der Waals surface area contributed by atoms with E-state index < -0.39 is 0 Å². The highest BCUT2D eigenvalue weighted by Crippen LogP contribution is 2.27. The van der Waals surface area contributed by atoms with Gasteiger partial charge in [-0.3, -0.25) is 4.79 Å². The van der Waals surface area contributed by atoms with Crippen LogP contribution in [0.25, 0.3) is 0 Å². The number of rotatable bonds is 4. The number of aryl methyl sites for hydroxylation is 1. The Balaban J connectivity index is 2.29. The van der Waals surface area contributed by atoms with E-state index in [2.05, 4.69) is 5.32 Å². The summed E-state index contributed by atoms with van der Waals surface area (Å²) in [6.45, 7) is 6.28. The highest BCUT2D eigenvalue weighted by molar-refractivity contribution is 6.06. The molecule has 0 radical (unpaired) electrons. The van der Waals surface area contributed by atoms with E-state index in [0.29, 0.717) is 29.3 Å². The molecule has 0 aliphatic carbocycles. The maximum absolute atomic E-state index is 12.4. The molecule has 4 nitrogen and oxygen atoms in total. The average Bonchev–Trinajstić information content (AvgIpc) is 2.45. The van der Waals surface area contributed by atoms with E-state index >= 15 is 0 Å². The van der Waals surface area contributed by atoms with E-state index in [1.54, 1.807) is 18.2 Å². The van der Waals surface area contributed by atoms with Crippen LogP contribution in [-0.2, 0) is 0 Å². The van der Waals surface area contributed by atoms with Gasteiger partial charge in [0.1, 0.15) is 5.75 Å². The van der Waals surface area contributed by atoms with Gasteiger partial charge in [-0.2, -0.15) is 0 Å². The molecule has 2 aromatic rings. The third kappa shape index (κ3) is 3.34. The van der Waals surface area contributed by atoms with E-state index in [1.165, 1.54) is 0 Å². The van der Waals surface area contributed by atoms with Crippen LogP contribution in [0.15, 0.2) is 36.4 Å². The molecule has 0 unspecified atom stereocenters. The zero-order valence-electron chi connectivity index (χ0n) is 12.6. The first-order valence-corrected chi connectivity index (χ1v) is 6.92. The van der Waals surface area contributed by atoms with Gasteiger partial charge in [-0.25, -0.2) is 0 Å². The number of nitrogen functional groups attached to an aromatic ring is 1. The number of nitrogens with one attached hydrogen (secondary N) is 1. The molecule has 0 fully saturated rings. The summed E-state index contributed by atoms with van der Waals surface area (Å²) in [6, 6.07) is 11.0. The van der Waals surface area contributed by atoms with E-state index in [1.807, 2.05) is 39.0 Å². The first-order valence-electron chi connectivity index (χ1n) is 6.92. The Morgan fingerprint density at radius 3 is 2.71 bits per heavy atom. The first-order chi connectivity index (χ1) is 10.0. The third-order valence-electron chi connectivity index (χ3n) is 3.31. The Bertz CT molecular complexity index is 666. The van der Waals surface area contributed by atoms with Gasteiger partial charge in [0.25, 0.3) is 5.91 Å². The van der Waals surface area contributed by atoms with Crippen molar-refractivity contribution in [1.82, 2.24) is 0 Å². The molecule has 0 spiro atoms. The van der Waals surface area contributed by atoms with Crippen LogP contribution in [0.2, 0.25) is 0 Å². The average molecular weight is 284 g/mol. The topological polar surface area (TPSA) is 64.3 Å². The monoisotopic (exact) mass is 284 g/mol. The van der Waals surface area contributed by atoms with Crippen molar-refractivity contribution in [3.8, 4) is 5.75 Å². The van der Waals surface area contributed by atoms with Crippen molar-refractivity contribution in [2.45, 2.75) is 20.8 Å². The summed E-state index contributed by atoms with van der Waals surface area (Å²) >= 11 is 0. The second-order valence-corrected chi connectivity index (χ2v) is 4.91. The zero-order chi connectivity index (χ0) is 15.4. The lowest BCUT2D eigenvalue weighted by Gasteiger charge is -2.13. The summed E-state index contributed by atoms with van der Waals surface area (Å²) in [4.78, 5) is 12.4. The van der Waals surface area contributed by atoms with E-state index in [4.69, 9.17) is 10.5 Å². The summed E-state index contributed by atoms with van der Waals surface area (Å²) in [6.07, 6.45) is 0. The molecule has 0 bridgehead atoms. The molecule has 0 saturated carbocycles. The van der Waals surface area contributed by atoms with Gasteiger partial charge in [-0.1, -0.05) is 12.1 Å². The second kappa shape index (κ2) is 6.31. The van der Waals surface area contributed by atoms with Crippen LogP contribution >= 0.6 is 0 Å². The van der Waals surface area contributed by atoms with Gasteiger partial charge in [-0.05, 0) is 56.2 Å². The molecule has 2 aromatic carbocycles. The van der Waals surface area contributed by atoms with Gasteiger partial charge in [0, 0.05) is 11.3 Å². The molecule has 0 atom stereocenters. The minimum atomic E-state index is -0.190. The molecule has 0 aliphatic heterocycles. The molecule has 0 aromatic heterocycles. The van der Waals surface area contributed by atoms with E-state index in [-0.39, 0.29) is 5.91 Å². The van der Waals surface area contributed by atoms with Crippen molar-refractivity contribution in [3.05, 3.63) is 53.1 Å². The summed E-state index contributed by atoms with van der Waals surface area (Å²) in [5, 5.41) is 2.89. The van der Waals surface area contributed by atoms with Gasteiger partial charge < -0.3 is 15.8 Å². The fourth-order valence-electron chi connectivity index (χ4n) is 2.10. The van der Waals surface area contributed by atoms with Crippen molar-refractivity contribution in [3.63, 3.8) is 0 Å². The van der Waals surface area contributed by atoms with Crippen LogP contribution in [-0.4, -0.2) is 12.5 Å². The van der Waals surface area contributed by atoms with E-state index in [9.17, 15) is 4.79 Å². The van der Waals surface area contributed by atoms with E-state index in [0.717, 1.165) is 11.1 Å². The molecule has 21 heavy (non-hydrogen) atoms. The minimum absolute atomic E-state index is 0.190. The standard InChI is InChI=1S/C17H20N2O2/c1-4-21-16-10-11(2)8-9-15(16)19-17(20)13-6-5-7-14(18)12(13)3/h5-10H,4,18H2,1-3H3,(H,19,20). The molecule has 3 N–H and O–H groups in total. The highest BCUT2D eigenvalue weighted by atomic mass is 16.5. The van der Waals surface area contributed by atoms with Gasteiger partial charge in [0.2, 0.25) is 0 Å². The fourth-order valence-corrected chi connectivity index (χ4v) is 2.10. The van der Waals surface area contributed by atoms with Gasteiger partial charge in [-0.15, -0.1) is 0 Å². The Morgan fingerprint density at radius 1 is 1.24 bits per heavy atom. The fraction of sp³-hybridized carbons (Fsp3) is 0.235. The molecule has 0 saturated heterocycles. The predicted molar refractivity (Wildman–Crippen MR) is 85.9 cm³/mol. The molecule has 1 amide bonds. The molecular weight excluding hydrogens is 264 g/mol. The zero-order valence-corrected chi connectivity index (χ0v) is 12.6. The lowest BCUT2D eigenvalue weighted by Crippen LogP contribution is -2.15. The SMILES string of the molecule is CCOc1cc(C)ccc1NC(=O)c1cccc(N)c1C. The number of carbonyl (C=O) groups is 1. The smallest absolute Gasteiger partial charge is 0.256 e. The van der Waals surface area contributed by atoms with Crippen LogP contribution in [0.3, 0.4) is 0 Å². The Kier molecular flexibility index (Phi) is 4.48. The Morgan fingerprint density at radius 2 is 2.00 bits per heavy atom. The van der Waals surface area contributed by atoms with Crippen LogP contribution in [0, 0.1) is 13.8 Å². The maximum Gasteiger partial charge on any atom is 0.256 e. The van der Waals surface area contributed by atoms with Crippen LogP contribution < -0.4 is 15.8 Å². The van der Waals surface area contributed by atoms with Crippen molar-refractivity contribution in [2.75, 3.05) is 17.7 Å². The molecule has 0 aliphatic rings. The molecule has 110 valence electrons. The molecule has 4 heteroatoms. The maximum atomic E-state index is 12.4. The number of anilines is 2. The number of carbonyl (C=O) groups excluding carboxylic acids is 1. The lowest BCUT2D eigenvalue weighted by atomic mass is 10.1. The number of nitrogens with two attached hydrogens (primary N) is 1. The van der Waals surface area contributed by atoms with Crippen molar-refractivity contribution in [1.29, 1.82) is 0 Å². The summed E-state index contributed by atoms with van der Waals surface area (Å²) in [5.74, 6) is 0.483. The summed E-state index contributed by atoms with van der Waals surface area (Å²) in [5.41, 5.74) is 9.54. The largest absolute Gasteiger partial charge is 0.492 e. The first kappa shape index (κ1) is 14.9. The number of amides is 1. The van der Waals surface area contributed by atoms with Gasteiger partial charge in [0.15, 0.2) is 0 Å². The number of hydrogen-bond acceptors (Lipinski definition) is 3. The van der Waals surface area contributed by atoms with Crippen molar-refractivity contribution < 1.29 is 9.53 Å². The van der Waals surface area contributed by atoms with Gasteiger partial charge in [0.05, 0.1) is 12.3 Å². The quantitative estimate of drug-likeness (QED) is 0.844. The third-order valence-corrected chi connectivity index (χ3v) is 3.31. The van der Waals surface area contributed by atoms with Crippen molar-refractivity contribution >= 4 is 17.3 Å². The van der Waals surface area contributed by atoms with Crippen molar-refractivity contribution in [2.24, 2.45) is 0 Å². The number of ether oxygens (including phenoxy) is 1. The highest BCUT2D eigenvalue weighted by Gasteiger charge is 2.13. The Hall–Kier alpha value is -2.49. The Labute approximate surface area is 124 Å². The minimum Gasteiger partial charge on any atom is -0.492 e. The van der Waals surface area contributed by atoms with Crippen LogP contribution in [0.5, 0.6) is 5.75 Å². The van der Waals surface area contributed by atoms with Gasteiger partial charge >= 0.3 is 0 Å². The summed E-state index contributed by atoms with van der Waals surface area (Å²) in [7, 11) is 0. The van der Waals surface area contributed by atoms with Crippen LogP contribution in [0.4, 0.5) is 11.4 Å². The lowest BCUT2D eigenvalue weighted by molar-refractivity contribution is 0.102. The summed E-state index contributed by atoms with van der Waals surface area (Å²) < 4.78 is 5.57. The predicted octanol–water partition coefficient (Wildman–Crippen LogP) is 3.54. The molecule has 2 rings (SSSR count). The van der Waals surface area contributed by atoms with Crippen LogP contribution in [0.1, 0.15) is 28.4 Å². The number of hydrogen-bond donors (Lipinski definition) is 2. The number of benzene rings is 2. The second-order valence-electron chi connectivity index (χ2n) is 4.91.